The molecule has 2 aromatic rings. The van der Waals surface area contributed by atoms with Gasteiger partial charge in [0.2, 0.25) is 5.91 Å². The molecule has 9 heteroatoms. The van der Waals surface area contributed by atoms with E-state index in [1.54, 1.807) is 12.1 Å². The van der Waals surface area contributed by atoms with E-state index in [2.05, 4.69) is 15.2 Å². The Morgan fingerprint density at radius 3 is 2.82 bits per heavy atom. The van der Waals surface area contributed by atoms with Crippen LogP contribution in [0.4, 0.5) is 5.13 Å². The summed E-state index contributed by atoms with van der Waals surface area (Å²) in [5.74, 6) is 0.0347. The second-order valence-corrected chi connectivity index (χ2v) is 10.5. The Labute approximate surface area is 169 Å². The molecule has 1 unspecified atom stereocenters. The van der Waals surface area contributed by atoms with Crippen LogP contribution in [0.25, 0.3) is 10.2 Å². The van der Waals surface area contributed by atoms with E-state index in [1.807, 2.05) is 6.07 Å². The average molecular weight is 424 g/mol. The molecule has 28 heavy (non-hydrogen) atoms. The van der Waals surface area contributed by atoms with Gasteiger partial charge in [0.1, 0.15) is 5.52 Å². The van der Waals surface area contributed by atoms with E-state index in [-0.39, 0.29) is 22.8 Å². The van der Waals surface area contributed by atoms with Gasteiger partial charge in [-0.25, -0.2) is 13.4 Å². The van der Waals surface area contributed by atoms with Gasteiger partial charge in [-0.2, -0.15) is 0 Å². The van der Waals surface area contributed by atoms with E-state index in [0.717, 1.165) is 42.1 Å². The Kier molecular flexibility index (Phi) is 5.57. The number of para-hydroxylation sites is 1. The van der Waals surface area contributed by atoms with Crippen molar-refractivity contribution in [2.24, 2.45) is 5.92 Å². The number of aromatic nitrogens is 1. The summed E-state index contributed by atoms with van der Waals surface area (Å²) in [5, 5.41) is 3.96. The van der Waals surface area contributed by atoms with Gasteiger partial charge in [0.15, 0.2) is 15.0 Å². The number of hydrogen-bond acceptors (Lipinski definition) is 7. The molecule has 0 bridgehead atoms. The third-order valence-electron chi connectivity index (χ3n) is 5.40. The number of amides is 1. The number of nitrogens with one attached hydrogen (secondary N) is 1. The molecule has 1 atom stereocenters. The number of benzene rings is 1. The Morgan fingerprint density at radius 2 is 2.07 bits per heavy atom. The van der Waals surface area contributed by atoms with E-state index >= 15 is 0 Å². The predicted octanol–water partition coefficient (Wildman–Crippen LogP) is 2.21. The lowest BCUT2D eigenvalue weighted by Gasteiger charge is -2.33. The summed E-state index contributed by atoms with van der Waals surface area (Å²) in [7, 11) is -3.34. The molecule has 2 aliphatic rings. The summed E-state index contributed by atoms with van der Waals surface area (Å²) in [5.41, 5.74) is 0.527. The molecule has 1 aromatic carbocycles. The van der Waals surface area contributed by atoms with Crippen LogP contribution in [0.15, 0.2) is 23.1 Å². The first-order chi connectivity index (χ1) is 13.4. The summed E-state index contributed by atoms with van der Waals surface area (Å²) >= 11 is 1.49. The number of carbonyl (C=O) groups excluding carboxylic acids is 1. The number of thiazole rings is 1. The molecular weight excluding hydrogens is 398 g/mol. The molecule has 2 aliphatic heterocycles. The van der Waals surface area contributed by atoms with Crippen LogP contribution in [0.5, 0.6) is 0 Å². The first-order valence-corrected chi connectivity index (χ1v) is 12.4. The maximum Gasteiger partial charge on any atom is 0.225 e. The van der Waals surface area contributed by atoms with Gasteiger partial charge in [-0.3, -0.25) is 4.79 Å². The van der Waals surface area contributed by atoms with Crippen molar-refractivity contribution >= 4 is 42.4 Å². The quantitative estimate of drug-likeness (QED) is 0.811. The fourth-order valence-electron chi connectivity index (χ4n) is 3.87. The predicted molar refractivity (Wildman–Crippen MR) is 110 cm³/mol. The van der Waals surface area contributed by atoms with Crippen LogP contribution >= 0.6 is 11.3 Å². The van der Waals surface area contributed by atoms with Gasteiger partial charge in [0.25, 0.3) is 0 Å². The number of fused-ring (bicyclic) bond motifs is 1. The van der Waals surface area contributed by atoms with Crippen LogP contribution < -0.4 is 10.2 Å². The highest BCUT2D eigenvalue weighted by Gasteiger charge is 2.29. The van der Waals surface area contributed by atoms with E-state index < -0.39 is 9.84 Å². The minimum atomic E-state index is -3.34. The monoisotopic (exact) mass is 423 g/mol. The highest BCUT2D eigenvalue weighted by atomic mass is 32.2. The van der Waals surface area contributed by atoms with E-state index in [4.69, 9.17) is 4.74 Å². The molecule has 152 valence electrons. The molecule has 1 amide bonds. The minimum Gasteiger partial charge on any atom is -0.381 e. The Balaban J connectivity index is 1.50. The molecule has 2 saturated heterocycles. The fraction of sp³-hybridized carbons (Fsp3) is 0.579. The van der Waals surface area contributed by atoms with Crippen LogP contribution in [-0.2, 0) is 19.4 Å². The van der Waals surface area contributed by atoms with Crippen LogP contribution in [0, 0.1) is 5.92 Å². The Morgan fingerprint density at radius 1 is 1.29 bits per heavy atom. The molecular formula is C19H25N3O4S2. The van der Waals surface area contributed by atoms with Gasteiger partial charge >= 0.3 is 0 Å². The highest BCUT2D eigenvalue weighted by Crippen LogP contribution is 2.34. The highest BCUT2D eigenvalue weighted by molar-refractivity contribution is 7.91. The van der Waals surface area contributed by atoms with E-state index in [9.17, 15) is 13.2 Å². The molecule has 1 aromatic heterocycles. The average Bonchev–Trinajstić information content (AvgIpc) is 3.12. The molecule has 4 rings (SSSR count). The van der Waals surface area contributed by atoms with Gasteiger partial charge in [-0.05, 0) is 37.8 Å². The molecule has 0 radical (unpaired) electrons. The maximum absolute atomic E-state index is 12.7. The van der Waals surface area contributed by atoms with Gasteiger partial charge in [0, 0.05) is 38.6 Å². The number of rotatable bonds is 4. The molecule has 3 heterocycles. The number of ether oxygens (including phenoxy) is 1. The Hall–Kier alpha value is -1.71. The summed E-state index contributed by atoms with van der Waals surface area (Å²) in [6, 6.07) is 5.45. The minimum absolute atomic E-state index is 0.0713. The smallest absolute Gasteiger partial charge is 0.225 e. The van der Waals surface area contributed by atoms with Crippen molar-refractivity contribution in [3.8, 4) is 0 Å². The number of hydrogen-bond donors (Lipinski definition) is 1. The van der Waals surface area contributed by atoms with Crippen LogP contribution in [-0.4, -0.2) is 57.9 Å². The topological polar surface area (TPSA) is 88.6 Å². The number of anilines is 1. The van der Waals surface area contributed by atoms with Gasteiger partial charge in [-0.1, -0.05) is 17.4 Å². The van der Waals surface area contributed by atoms with Crippen LogP contribution in [0.3, 0.4) is 0 Å². The van der Waals surface area contributed by atoms with Crippen molar-refractivity contribution in [2.75, 3.05) is 37.5 Å². The van der Waals surface area contributed by atoms with E-state index in [1.165, 1.54) is 17.6 Å². The normalized spacial score (nSPS) is 21.8. The lowest BCUT2D eigenvalue weighted by molar-refractivity contribution is -0.126. The third-order valence-corrected chi connectivity index (χ3v) is 7.61. The number of nitrogens with zero attached hydrogens (tertiary/aromatic N) is 2. The third kappa shape index (κ3) is 4.16. The van der Waals surface area contributed by atoms with Crippen molar-refractivity contribution in [2.45, 2.75) is 36.6 Å². The lowest BCUT2D eigenvalue weighted by atomic mass is 9.96. The Bertz CT molecular complexity index is 967. The molecule has 0 spiro atoms. The number of carbonyl (C=O) groups is 1. The number of piperidine rings is 1. The van der Waals surface area contributed by atoms with Gasteiger partial charge < -0.3 is 15.0 Å². The van der Waals surface area contributed by atoms with Gasteiger partial charge in [0.05, 0.1) is 15.5 Å². The maximum atomic E-state index is 12.7. The zero-order valence-electron chi connectivity index (χ0n) is 15.9. The van der Waals surface area contributed by atoms with Crippen molar-refractivity contribution in [3.63, 3.8) is 0 Å². The van der Waals surface area contributed by atoms with Crippen molar-refractivity contribution in [1.82, 2.24) is 10.3 Å². The van der Waals surface area contributed by atoms with E-state index in [0.29, 0.717) is 25.3 Å². The van der Waals surface area contributed by atoms with Crippen molar-refractivity contribution < 1.29 is 17.9 Å². The van der Waals surface area contributed by atoms with Crippen LogP contribution in [0.2, 0.25) is 0 Å². The van der Waals surface area contributed by atoms with Gasteiger partial charge in [-0.15, -0.1) is 0 Å². The molecule has 0 saturated carbocycles. The molecule has 7 nitrogen and oxygen atoms in total. The first kappa shape index (κ1) is 19.6. The van der Waals surface area contributed by atoms with Crippen molar-refractivity contribution in [1.29, 1.82) is 0 Å². The number of sulfone groups is 1. The zero-order valence-corrected chi connectivity index (χ0v) is 17.5. The summed E-state index contributed by atoms with van der Waals surface area (Å²) in [6.45, 7) is 2.85. The summed E-state index contributed by atoms with van der Waals surface area (Å²) in [6.07, 6.45) is 4.73. The lowest BCUT2D eigenvalue weighted by Crippen LogP contribution is -2.47. The second-order valence-electron chi connectivity index (χ2n) is 7.55. The zero-order chi connectivity index (χ0) is 19.7. The summed E-state index contributed by atoms with van der Waals surface area (Å²) in [4.78, 5) is 19.7. The molecule has 2 fully saturated rings. The second kappa shape index (κ2) is 7.96. The first-order valence-electron chi connectivity index (χ1n) is 9.64. The van der Waals surface area contributed by atoms with Crippen molar-refractivity contribution in [3.05, 3.63) is 18.2 Å². The molecule has 1 N–H and O–H groups in total. The largest absolute Gasteiger partial charge is 0.381 e. The summed E-state index contributed by atoms with van der Waals surface area (Å²) < 4.78 is 30.3. The standard InChI is InChI=1S/C19H25N3O4S2/c1-28(24,25)16-6-2-5-15-17(16)21-19(27-15)22-9-3-4-13(12-22)18(23)20-14-7-10-26-11-8-14/h2,5-6,13-14H,3-4,7-12H2,1H3,(H,20,23). The van der Waals surface area contributed by atoms with Crippen LogP contribution in [0.1, 0.15) is 25.7 Å². The fourth-order valence-corrected chi connectivity index (χ4v) is 5.80. The molecule has 0 aliphatic carbocycles. The SMILES string of the molecule is CS(=O)(=O)c1cccc2sc(N3CCCC(C(=O)NC4CCOCC4)C3)nc12.